The van der Waals surface area contributed by atoms with Gasteiger partial charge in [0.1, 0.15) is 0 Å². The molecule has 0 unspecified atom stereocenters. The van der Waals surface area contributed by atoms with E-state index < -0.39 is 0 Å². The number of esters is 1. The highest BCUT2D eigenvalue weighted by Gasteiger charge is 2.07. The molecule has 98 valence electrons. The predicted octanol–water partition coefficient (Wildman–Crippen LogP) is 4.41. The molecule has 0 rings (SSSR count). The van der Waals surface area contributed by atoms with E-state index in [2.05, 4.69) is 13.5 Å². The normalized spacial score (nSPS) is 11.3. The van der Waals surface area contributed by atoms with Gasteiger partial charge in [0.15, 0.2) is 0 Å². The van der Waals surface area contributed by atoms with Gasteiger partial charge >= 0.3 is 5.97 Å². The summed E-state index contributed by atoms with van der Waals surface area (Å²) < 4.78 is 4.72. The molecular formula is C15H26O2. The van der Waals surface area contributed by atoms with Crippen molar-refractivity contribution in [3.05, 3.63) is 24.3 Å². The molecule has 17 heavy (non-hydrogen) atoms. The van der Waals surface area contributed by atoms with Crippen LogP contribution < -0.4 is 0 Å². The van der Waals surface area contributed by atoms with Crippen molar-refractivity contribution in [1.82, 2.24) is 0 Å². The minimum absolute atomic E-state index is 0.226. The Morgan fingerprint density at radius 3 is 2.24 bits per heavy atom. The second-order valence-corrected chi connectivity index (χ2v) is 4.29. The first-order valence-electron chi connectivity index (χ1n) is 6.66. The first kappa shape index (κ1) is 16.0. The van der Waals surface area contributed by atoms with Crippen LogP contribution in [0.15, 0.2) is 24.3 Å². The van der Waals surface area contributed by atoms with Crippen LogP contribution in [0, 0.1) is 0 Å². The smallest absolute Gasteiger partial charge is 0.333 e. The van der Waals surface area contributed by atoms with E-state index in [1.165, 1.54) is 45.6 Å². The van der Waals surface area contributed by atoms with Crippen LogP contribution in [0.5, 0.6) is 0 Å². The van der Waals surface area contributed by atoms with E-state index >= 15 is 0 Å². The highest BCUT2D eigenvalue weighted by Crippen LogP contribution is 2.13. The Balaban J connectivity index is 3.66. The number of carbonyl (C=O) groups excluding carboxylic acids is 1. The molecule has 0 saturated carbocycles. The number of hydrogen-bond acceptors (Lipinski definition) is 2. The maximum absolute atomic E-state index is 11.4. The van der Waals surface area contributed by atoms with Gasteiger partial charge in [-0.25, -0.2) is 4.79 Å². The highest BCUT2D eigenvalue weighted by atomic mass is 16.5. The van der Waals surface area contributed by atoms with Crippen molar-refractivity contribution in [2.45, 2.75) is 58.3 Å². The van der Waals surface area contributed by atoms with Gasteiger partial charge in [-0.2, -0.15) is 0 Å². The summed E-state index contributed by atoms with van der Waals surface area (Å²) in [6, 6.07) is 0. The van der Waals surface area contributed by atoms with E-state index in [0.717, 1.165) is 18.4 Å². The fourth-order valence-corrected chi connectivity index (χ4v) is 1.80. The molecule has 0 bridgehead atoms. The van der Waals surface area contributed by atoms with Crippen LogP contribution in [0.1, 0.15) is 58.3 Å². The van der Waals surface area contributed by atoms with Crippen LogP contribution in [0.2, 0.25) is 0 Å². The van der Waals surface area contributed by atoms with Crippen LogP contribution in [0.3, 0.4) is 0 Å². The molecule has 2 heteroatoms. The lowest BCUT2D eigenvalue weighted by Crippen LogP contribution is -2.04. The van der Waals surface area contributed by atoms with E-state index in [9.17, 15) is 4.79 Å². The molecule has 0 amide bonds. The molecular weight excluding hydrogens is 212 g/mol. The van der Waals surface area contributed by atoms with Gasteiger partial charge in [-0.3, -0.25) is 0 Å². The third-order valence-corrected chi connectivity index (χ3v) is 2.82. The molecule has 0 fully saturated rings. The fraction of sp³-hybridized carbons (Fsp3) is 0.667. The first-order valence-corrected chi connectivity index (χ1v) is 6.66. The number of allylic oxidation sites excluding steroid dienone is 2. The Bertz CT molecular complexity index is 241. The molecule has 0 aromatic heterocycles. The van der Waals surface area contributed by atoms with Gasteiger partial charge in [-0.15, -0.1) is 0 Å². The van der Waals surface area contributed by atoms with Crippen molar-refractivity contribution in [3.63, 3.8) is 0 Å². The molecule has 2 nitrogen and oxygen atoms in total. The second kappa shape index (κ2) is 11.4. The molecule has 0 radical (unpaired) electrons. The average Bonchev–Trinajstić information content (AvgIpc) is 2.35. The van der Waals surface area contributed by atoms with Gasteiger partial charge in [-0.1, -0.05) is 64.2 Å². The number of unbranched alkanes of at least 4 members (excludes halogenated alkanes) is 6. The molecule has 0 aromatic carbocycles. The Morgan fingerprint density at radius 1 is 1.12 bits per heavy atom. The van der Waals surface area contributed by atoms with Crippen LogP contribution in [-0.2, 0) is 9.53 Å². The largest absolute Gasteiger partial charge is 0.466 e. The molecule has 0 aliphatic rings. The zero-order valence-electron chi connectivity index (χ0n) is 11.3. The predicted molar refractivity (Wildman–Crippen MR) is 72.9 cm³/mol. The Kier molecular flexibility index (Phi) is 10.7. The Morgan fingerprint density at radius 2 is 1.71 bits per heavy atom. The quantitative estimate of drug-likeness (QED) is 0.244. The van der Waals surface area contributed by atoms with E-state index in [1.807, 2.05) is 0 Å². The summed E-state index contributed by atoms with van der Waals surface area (Å²) in [6.07, 6.45) is 13.0. The summed E-state index contributed by atoms with van der Waals surface area (Å²) in [4.78, 5) is 11.4. The maximum atomic E-state index is 11.4. The van der Waals surface area contributed by atoms with Crippen molar-refractivity contribution in [1.29, 1.82) is 0 Å². The maximum Gasteiger partial charge on any atom is 0.333 e. The lowest BCUT2D eigenvalue weighted by atomic mass is 10.0. The topological polar surface area (TPSA) is 26.3 Å². The standard InChI is InChI=1S/C15H26O2/c1-4-6-7-8-9-10-11-13-14(12-5-2)15(16)17-3/h5,12H,2,4,6-11,13H2,1,3H3. The summed E-state index contributed by atoms with van der Waals surface area (Å²) in [5.41, 5.74) is 0.732. The first-order chi connectivity index (χ1) is 8.26. The second-order valence-electron chi connectivity index (χ2n) is 4.29. The van der Waals surface area contributed by atoms with Crippen molar-refractivity contribution < 1.29 is 9.53 Å². The molecule has 0 N–H and O–H groups in total. The van der Waals surface area contributed by atoms with Crippen LogP contribution >= 0.6 is 0 Å². The molecule has 0 aromatic rings. The molecule has 0 heterocycles. The van der Waals surface area contributed by atoms with Crippen LogP contribution in [0.4, 0.5) is 0 Å². The fourth-order valence-electron chi connectivity index (χ4n) is 1.80. The number of carbonyl (C=O) groups is 1. The third kappa shape index (κ3) is 8.73. The van der Waals surface area contributed by atoms with Gasteiger partial charge in [0.05, 0.1) is 7.11 Å². The van der Waals surface area contributed by atoms with Gasteiger partial charge in [0.2, 0.25) is 0 Å². The highest BCUT2D eigenvalue weighted by molar-refractivity contribution is 5.88. The van der Waals surface area contributed by atoms with E-state index in [4.69, 9.17) is 4.74 Å². The summed E-state index contributed by atoms with van der Waals surface area (Å²) in [6.45, 7) is 5.84. The molecule has 0 aliphatic carbocycles. The lowest BCUT2D eigenvalue weighted by molar-refractivity contribution is -0.136. The number of ether oxygens (including phenoxy) is 1. The summed E-state index contributed by atoms with van der Waals surface area (Å²) >= 11 is 0. The minimum atomic E-state index is -0.226. The third-order valence-electron chi connectivity index (χ3n) is 2.82. The van der Waals surface area contributed by atoms with Crippen LogP contribution in [0.25, 0.3) is 0 Å². The summed E-state index contributed by atoms with van der Waals surface area (Å²) in [7, 11) is 1.42. The van der Waals surface area contributed by atoms with Crippen molar-refractivity contribution in [2.75, 3.05) is 7.11 Å². The van der Waals surface area contributed by atoms with E-state index in [1.54, 1.807) is 12.2 Å². The summed E-state index contributed by atoms with van der Waals surface area (Å²) in [5.74, 6) is -0.226. The monoisotopic (exact) mass is 238 g/mol. The van der Waals surface area contributed by atoms with Crippen molar-refractivity contribution in [3.8, 4) is 0 Å². The van der Waals surface area contributed by atoms with Gasteiger partial charge in [-0.05, 0) is 12.8 Å². The van der Waals surface area contributed by atoms with Gasteiger partial charge in [0, 0.05) is 5.57 Å². The minimum Gasteiger partial charge on any atom is -0.466 e. The number of hydrogen-bond donors (Lipinski definition) is 0. The lowest BCUT2D eigenvalue weighted by Gasteiger charge is -2.04. The SMILES string of the molecule is C=CC=C(CCCCCCCCC)C(=O)OC. The zero-order chi connectivity index (χ0) is 12.9. The van der Waals surface area contributed by atoms with E-state index in [-0.39, 0.29) is 5.97 Å². The zero-order valence-corrected chi connectivity index (χ0v) is 11.3. The summed E-state index contributed by atoms with van der Waals surface area (Å²) in [5, 5.41) is 0. The molecule has 0 aliphatic heterocycles. The van der Waals surface area contributed by atoms with Crippen molar-refractivity contribution >= 4 is 5.97 Å². The van der Waals surface area contributed by atoms with E-state index in [0.29, 0.717) is 0 Å². The number of rotatable bonds is 10. The molecule has 0 atom stereocenters. The average molecular weight is 238 g/mol. The van der Waals surface area contributed by atoms with Gasteiger partial charge in [0.25, 0.3) is 0 Å². The Hall–Kier alpha value is -1.05. The van der Waals surface area contributed by atoms with Crippen LogP contribution in [-0.4, -0.2) is 13.1 Å². The van der Waals surface area contributed by atoms with Gasteiger partial charge < -0.3 is 4.74 Å². The Labute approximate surface area is 106 Å². The van der Waals surface area contributed by atoms with Crippen molar-refractivity contribution in [2.24, 2.45) is 0 Å². The molecule has 0 saturated heterocycles. The number of methoxy groups -OCH3 is 1. The molecule has 0 spiro atoms.